The number of aromatic hydroxyl groups is 1. The number of aromatic nitrogens is 4. The van der Waals surface area contributed by atoms with E-state index in [9.17, 15) is 5.11 Å². The van der Waals surface area contributed by atoms with E-state index < -0.39 is 0 Å². The van der Waals surface area contributed by atoms with Gasteiger partial charge in [-0.3, -0.25) is 0 Å². The van der Waals surface area contributed by atoms with Crippen molar-refractivity contribution < 1.29 is 9.84 Å². The molecule has 0 aliphatic carbocycles. The molecule has 1 N–H and O–H groups in total. The molecule has 2 heterocycles. The molecule has 4 rings (SSSR count). The van der Waals surface area contributed by atoms with Gasteiger partial charge in [-0.05, 0) is 44.0 Å². The first-order valence-electron chi connectivity index (χ1n) is 7.10. The topological polar surface area (TPSA) is 81.0 Å². The Hall–Kier alpha value is -2.32. The lowest BCUT2D eigenvalue weighted by Crippen LogP contribution is -1.86. The minimum absolute atomic E-state index is 0.196. The van der Waals surface area contributed by atoms with Crippen molar-refractivity contribution >= 4 is 53.7 Å². The predicted molar refractivity (Wildman–Crippen MR) is 103 cm³/mol. The van der Waals surface area contributed by atoms with Gasteiger partial charge < -0.3 is 9.84 Å². The van der Waals surface area contributed by atoms with E-state index in [2.05, 4.69) is 51.8 Å². The SMILES string of the molecule is COc1cc2ncncc2cc1Br.Oc1cc2ncncc2cc1Br. The lowest BCUT2D eigenvalue weighted by Gasteiger charge is -2.03. The van der Waals surface area contributed by atoms with Gasteiger partial charge in [-0.25, -0.2) is 19.9 Å². The summed E-state index contributed by atoms with van der Waals surface area (Å²) in [5, 5.41) is 11.2. The van der Waals surface area contributed by atoms with Crippen LogP contribution in [0, 0.1) is 0 Å². The van der Waals surface area contributed by atoms with Crippen molar-refractivity contribution in [2.24, 2.45) is 0 Å². The Morgan fingerprint density at radius 3 is 2.00 bits per heavy atom. The van der Waals surface area contributed by atoms with Crippen molar-refractivity contribution in [2.75, 3.05) is 7.11 Å². The van der Waals surface area contributed by atoms with Crippen LogP contribution in [-0.4, -0.2) is 32.2 Å². The monoisotopic (exact) mass is 462 g/mol. The Balaban J connectivity index is 0.000000146. The second-order valence-electron chi connectivity index (χ2n) is 4.95. The molecule has 0 unspecified atom stereocenters. The molecule has 6 nitrogen and oxygen atoms in total. The van der Waals surface area contributed by atoms with Gasteiger partial charge in [-0.15, -0.1) is 0 Å². The fourth-order valence-corrected chi connectivity index (χ4v) is 3.01. The van der Waals surface area contributed by atoms with Gasteiger partial charge in [0.15, 0.2) is 0 Å². The summed E-state index contributed by atoms with van der Waals surface area (Å²) < 4.78 is 6.72. The van der Waals surface area contributed by atoms with Crippen LogP contribution in [0.4, 0.5) is 0 Å². The van der Waals surface area contributed by atoms with Crippen LogP contribution >= 0.6 is 31.9 Å². The van der Waals surface area contributed by atoms with Crippen LogP contribution in [0.3, 0.4) is 0 Å². The summed E-state index contributed by atoms with van der Waals surface area (Å²) in [4.78, 5) is 15.9. The highest BCUT2D eigenvalue weighted by Gasteiger charge is 2.03. The smallest absolute Gasteiger partial charge is 0.135 e. The van der Waals surface area contributed by atoms with Crippen LogP contribution in [0.5, 0.6) is 11.5 Å². The molecule has 0 amide bonds. The maximum atomic E-state index is 9.31. The van der Waals surface area contributed by atoms with E-state index in [-0.39, 0.29) is 5.75 Å². The number of methoxy groups -OCH3 is 1. The zero-order valence-corrected chi connectivity index (χ0v) is 16.2. The number of phenols is 1. The number of nitrogens with zero attached hydrogens (tertiary/aromatic N) is 4. The number of benzene rings is 2. The number of halogens is 2. The molecule has 0 aliphatic rings. The fraction of sp³-hybridized carbons (Fsp3) is 0.0588. The van der Waals surface area contributed by atoms with E-state index in [1.165, 1.54) is 12.7 Å². The summed E-state index contributed by atoms with van der Waals surface area (Å²) in [6.07, 6.45) is 6.45. The molecule has 126 valence electrons. The minimum atomic E-state index is 0.196. The molecule has 2 aromatic carbocycles. The van der Waals surface area contributed by atoms with Gasteiger partial charge in [0.1, 0.15) is 24.2 Å². The molecule has 4 aromatic rings. The summed E-state index contributed by atoms with van der Waals surface area (Å²) in [6.45, 7) is 0. The van der Waals surface area contributed by atoms with Gasteiger partial charge in [0.25, 0.3) is 0 Å². The van der Waals surface area contributed by atoms with Gasteiger partial charge >= 0.3 is 0 Å². The summed E-state index contributed by atoms with van der Waals surface area (Å²) >= 11 is 6.61. The summed E-state index contributed by atoms with van der Waals surface area (Å²) in [7, 11) is 1.63. The molecule has 0 saturated heterocycles. The van der Waals surface area contributed by atoms with Gasteiger partial charge in [0.05, 0.1) is 27.1 Å². The van der Waals surface area contributed by atoms with Crippen LogP contribution in [0.25, 0.3) is 21.8 Å². The maximum Gasteiger partial charge on any atom is 0.135 e. The molecule has 0 aliphatic heterocycles. The predicted octanol–water partition coefficient (Wildman–Crippen LogP) is 4.50. The Morgan fingerprint density at radius 1 is 0.840 bits per heavy atom. The average molecular weight is 464 g/mol. The Morgan fingerprint density at radius 2 is 1.40 bits per heavy atom. The zero-order chi connectivity index (χ0) is 17.8. The molecule has 0 fully saturated rings. The summed E-state index contributed by atoms with van der Waals surface area (Å²) in [6, 6.07) is 7.20. The van der Waals surface area contributed by atoms with E-state index in [0.717, 1.165) is 32.0 Å². The van der Waals surface area contributed by atoms with Crippen molar-refractivity contribution in [1.29, 1.82) is 0 Å². The highest BCUT2D eigenvalue weighted by atomic mass is 79.9. The van der Waals surface area contributed by atoms with Gasteiger partial charge in [-0.2, -0.15) is 0 Å². The van der Waals surface area contributed by atoms with Crippen molar-refractivity contribution in [2.45, 2.75) is 0 Å². The maximum absolute atomic E-state index is 9.31. The lowest BCUT2D eigenvalue weighted by molar-refractivity contribution is 0.412. The van der Waals surface area contributed by atoms with Crippen LogP contribution in [0.15, 0.2) is 58.3 Å². The number of phenolic OH excluding ortho intramolecular Hbond substituents is 1. The normalized spacial score (nSPS) is 10.4. The van der Waals surface area contributed by atoms with Crippen molar-refractivity contribution in [3.8, 4) is 11.5 Å². The largest absolute Gasteiger partial charge is 0.507 e. The van der Waals surface area contributed by atoms with Crippen LogP contribution in [0.1, 0.15) is 0 Å². The summed E-state index contributed by atoms with van der Waals surface area (Å²) in [5.41, 5.74) is 1.63. The van der Waals surface area contributed by atoms with Crippen LogP contribution in [0.2, 0.25) is 0 Å². The van der Waals surface area contributed by atoms with E-state index in [1.54, 1.807) is 31.6 Å². The summed E-state index contributed by atoms with van der Waals surface area (Å²) in [5.74, 6) is 0.979. The molecule has 0 radical (unpaired) electrons. The van der Waals surface area contributed by atoms with Crippen molar-refractivity contribution in [3.05, 3.63) is 58.3 Å². The molecule has 2 aromatic heterocycles. The lowest BCUT2D eigenvalue weighted by atomic mass is 10.2. The van der Waals surface area contributed by atoms with Crippen molar-refractivity contribution in [3.63, 3.8) is 0 Å². The van der Waals surface area contributed by atoms with Gasteiger partial charge in [0.2, 0.25) is 0 Å². The van der Waals surface area contributed by atoms with E-state index >= 15 is 0 Å². The number of fused-ring (bicyclic) bond motifs is 2. The van der Waals surface area contributed by atoms with Crippen LogP contribution < -0.4 is 4.74 Å². The second-order valence-corrected chi connectivity index (χ2v) is 6.66. The first-order valence-corrected chi connectivity index (χ1v) is 8.68. The van der Waals surface area contributed by atoms with E-state index in [1.807, 2.05) is 12.1 Å². The number of rotatable bonds is 1. The molecule has 0 spiro atoms. The third-order valence-electron chi connectivity index (χ3n) is 3.35. The molecule has 0 bridgehead atoms. The van der Waals surface area contributed by atoms with E-state index in [0.29, 0.717) is 4.47 Å². The first-order chi connectivity index (χ1) is 12.1. The molecule has 0 atom stereocenters. The zero-order valence-electron chi connectivity index (χ0n) is 13.0. The van der Waals surface area contributed by atoms with Gasteiger partial charge in [0, 0.05) is 35.3 Å². The molecular formula is C17H12Br2N4O2. The molecule has 0 saturated carbocycles. The van der Waals surface area contributed by atoms with E-state index in [4.69, 9.17) is 4.74 Å². The quantitative estimate of drug-likeness (QED) is 0.447. The van der Waals surface area contributed by atoms with Crippen LogP contribution in [-0.2, 0) is 0 Å². The Bertz CT molecular complexity index is 1000. The van der Waals surface area contributed by atoms with Crippen molar-refractivity contribution in [1.82, 2.24) is 19.9 Å². The third kappa shape index (κ3) is 4.02. The molecular weight excluding hydrogens is 452 g/mol. The third-order valence-corrected chi connectivity index (χ3v) is 4.61. The molecule has 8 heteroatoms. The Kier molecular flexibility index (Phi) is 5.40. The first kappa shape index (κ1) is 17.5. The number of hydrogen-bond acceptors (Lipinski definition) is 6. The standard InChI is InChI=1S/C9H7BrN2O.C8H5BrN2O/c1-13-9-3-8-6(2-7(9)10)4-11-5-12-8;9-6-1-5-3-10-4-11-7(5)2-8(6)12/h2-5H,1H3;1-4,12H. The number of ether oxygens (including phenoxy) is 1. The fourth-order valence-electron chi connectivity index (χ4n) is 2.13. The average Bonchev–Trinajstić information content (AvgIpc) is 2.62. The highest BCUT2D eigenvalue weighted by Crippen LogP contribution is 2.29. The second kappa shape index (κ2) is 7.71. The minimum Gasteiger partial charge on any atom is -0.507 e. The molecule has 25 heavy (non-hydrogen) atoms. The number of hydrogen-bond donors (Lipinski definition) is 1. The Labute approximate surface area is 160 Å². The van der Waals surface area contributed by atoms with Gasteiger partial charge in [-0.1, -0.05) is 0 Å². The highest BCUT2D eigenvalue weighted by molar-refractivity contribution is 9.10.